The number of benzene rings is 2. The van der Waals surface area contributed by atoms with Crippen molar-refractivity contribution in [3.05, 3.63) is 69.9 Å². The quantitative estimate of drug-likeness (QED) is 0.807. The maximum Gasteiger partial charge on any atom is 0.274 e. The Morgan fingerprint density at radius 1 is 1.18 bits per heavy atom. The highest BCUT2D eigenvalue weighted by Gasteiger charge is 2.03. The first-order valence-corrected chi connectivity index (χ1v) is 6.68. The molecule has 2 aromatic carbocycles. The Morgan fingerprint density at radius 2 is 2.00 bits per heavy atom. The third kappa shape index (κ3) is 2.74. The van der Waals surface area contributed by atoms with Gasteiger partial charge >= 0.3 is 0 Å². The SMILES string of the molecule is COc1ccc(/C=C\c2nc3ccccc3[nH]c2=O)cc1F. The van der Waals surface area contributed by atoms with E-state index in [-0.39, 0.29) is 17.0 Å². The van der Waals surface area contributed by atoms with Crippen LogP contribution in [0.1, 0.15) is 11.3 Å². The summed E-state index contributed by atoms with van der Waals surface area (Å²) < 4.78 is 18.5. The standard InChI is InChI=1S/C17H13FN2O2/c1-22-16-9-7-11(10-12(16)18)6-8-15-17(21)20-14-5-3-2-4-13(14)19-15/h2-10H,1H3,(H,20,21)/b8-6-. The maximum atomic E-state index is 13.6. The second kappa shape index (κ2) is 5.81. The van der Waals surface area contributed by atoms with Gasteiger partial charge in [-0.25, -0.2) is 9.37 Å². The summed E-state index contributed by atoms with van der Waals surface area (Å²) in [7, 11) is 1.41. The minimum atomic E-state index is -0.454. The van der Waals surface area contributed by atoms with Crippen LogP contribution in [-0.2, 0) is 0 Å². The molecular weight excluding hydrogens is 283 g/mol. The number of para-hydroxylation sites is 2. The zero-order chi connectivity index (χ0) is 15.5. The van der Waals surface area contributed by atoms with Crippen molar-refractivity contribution in [3.8, 4) is 5.75 Å². The molecule has 3 aromatic rings. The fourth-order valence-electron chi connectivity index (χ4n) is 2.12. The summed E-state index contributed by atoms with van der Waals surface area (Å²) >= 11 is 0. The molecule has 1 N–H and O–H groups in total. The molecule has 0 unspecified atom stereocenters. The molecule has 1 heterocycles. The summed E-state index contributed by atoms with van der Waals surface area (Å²) in [4.78, 5) is 19.0. The van der Waals surface area contributed by atoms with Crippen LogP contribution in [-0.4, -0.2) is 17.1 Å². The van der Waals surface area contributed by atoms with Crippen LogP contribution < -0.4 is 10.3 Å². The second-order valence-corrected chi connectivity index (χ2v) is 4.70. The van der Waals surface area contributed by atoms with E-state index < -0.39 is 5.82 Å². The van der Waals surface area contributed by atoms with E-state index in [0.717, 1.165) is 0 Å². The van der Waals surface area contributed by atoms with Crippen LogP contribution in [0.15, 0.2) is 47.3 Å². The number of hydrogen-bond acceptors (Lipinski definition) is 3. The molecule has 0 saturated heterocycles. The van der Waals surface area contributed by atoms with E-state index in [1.807, 2.05) is 18.2 Å². The van der Waals surface area contributed by atoms with E-state index >= 15 is 0 Å². The van der Waals surface area contributed by atoms with Gasteiger partial charge in [-0.2, -0.15) is 0 Å². The third-order valence-electron chi connectivity index (χ3n) is 3.24. The molecule has 4 nitrogen and oxygen atoms in total. The lowest BCUT2D eigenvalue weighted by Crippen LogP contribution is -2.11. The molecule has 0 amide bonds. The van der Waals surface area contributed by atoms with Gasteiger partial charge in [0.05, 0.1) is 18.1 Å². The van der Waals surface area contributed by atoms with Crippen LogP contribution in [0.5, 0.6) is 5.75 Å². The Kier molecular flexibility index (Phi) is 3.70. The molecule has 0 radical (unpaired) electrons. The number of fused-ring (bicyclic) bond motifs is 1. The number of nitrogens with zero attached hydrogens (tertiary/aromatic N) is 1. The number of H-pyrrole nitrogens is 1. The van der Waals surface area contributed by atoms with Crippen molar-refractivity contribution in [2.45, 2.75) is 0 Å². The number of ether oxygens (including phenoxy) is 1. The van der Waals surface area contributed by atoms with Crippen LogP contribution >= 0.6 is 0 Å². The van der Waals surface area contributed by atoms with Crippen LogP contribution in [0.25, 0.3) is 23.2 Å². The van der Waals surface area contributed by atoms with Gasteiger partial charge in [0.15, 0.2) is 11.6 Å². The number of rotatable bonds is 3. The third-order valence-corrected chi connectivity index (χ3v) is 3.24. The molecule has 0 saturated carbocycles. The number of halogens is 1. The van der Waals surface area contributed by atoms with Gasteiger partial charge in [0.25, 0.3) is 5.56 Å². The Labute approximate surface area is 125 Å². The van der Waals surface area contributed by atoms with E-state index in [0.29, 0.717) is 16.6 Å². The Balaban J connectivity index is 1.97. The van der Waals surface area contributed by atoms with Crippen molar-refractivity contribution >= 4 is 23.2 Å². The number of hydrogen-bond donors (Lipinski definition) is 1. The van der Waals surface area contributed by atoms with Crippen LogP contribution in [0.3, 0.4) is 0 Å². The van der Waals surface area contributed by atoms with Crippen LogP contribution in [0.2, 0.25) is 0 Å². The Bertz CT molecular complexity index is 916. The molecule has 5 heteroatoms. The minimum Gasteiger partial charge on any atom is -0.494 e. The van der Waals surface area contributed by atoms with E-state index in [2.05, 4.69) is 9.97 Å². The van der Waals surface area contributed by atoms with Gasteiger partial charge in [0.2, 0.25) is 0 Å². The van der Waals surface area contributed by atoms with E-state index in [1.54, 1.807) is 24.3 Å². The molecule has 0 atom stereocenters. The van der Waals surface area contributed by atoms with Crippen molar-refractivity contribution in [3.63, 3.8) is 0 Å². The molecule has 110 valence electrons. The van der Waals surface area contributed by atoms with Crippen LogP contribution in [0.4, 0.5) is 4.39 Å². The molecule has 0 aliphatic rings. The number of methoxy groups -OCH3 is 1. The Hall–Kier alpha value is -2.95. The molecule has 0 fully saturated rings. The fourth-order valence-corrected chi connectivity index (χ4v) is 2.12. The average molecular weight is 296 g/mol. The van der Waals surface area contributed by atoms with Crippen LogP contribution in [0, 0.1) is 5.82 Å². The summed E-state index contributed by atoms with van der Waals surface area (Å²) in [5, 5.41) is 0. The van der Waals surface area contributed by atoms with Gasteiger partial charge in [0.1, 0.15) is 5.69 Å². The molecule has 0 aliphatic carbocycles. The molecule has 22 heavy (non-hydrogen) atoms. The normalized spacial score (nSPS) is 11.2. The molecule has 1 aromatic heterocycles. The number of aromatic amines is 1. The highest BCUT2D eigenvalue weighted by molar-refractivity contribution is 5.76. The topological polar surface area (TPSA) is 55.0 Å². The van der Waals surface area contributed by atoms with Gasteiger partial charge in [-0.15, -0.1) is 0 Å². The van der Waals surface area contributed by atoms with Crippen molar-refractivity contribution in [2.75, 3.05) is 7.11 Å². The smallest absolute Gasteiger partial charge is 0.274 e. The summed E-state index contributed by atoms with van der Waals surface area (Å²) in [5.41, 5.74) is 1.98. The van der Waals surface area contributed by atoms with Crippen molar-refractivity contribution in [1.82, 2.24) is 9.97 Å². The first-order valence-electron chi connectivity index (χ1n) is 6.68. The maximum absolute atomic E-state index is 13.6. The molecule has 0 aliphatic heterocycles. The van der Waals surface area contributed by atoms with Crippen molar-refractivity contribution < 1.29 is 9.13 Å². The monoisotopic (exact) mass is 296 g/mol. The highest BCUT2D eigenvalue weighted by atomic mass is 19.1. The average Bonchev–Trinajstić information content (AvgIpc) is 2.53. The van der Waals surface area contributed by atoms with Gasteiger partial charge in [-0.1, -0.05) is 24.3 Å². The summed E-state index contributed by atoms with van der Waals surface area (Å²) in [6, 6.07) is 11.9. The van der Waals surface area contributed by atoms with Crippen molar-refractivity contribution in [1.29, 1.82) is 0 Å². The lowest BCUT2D eigenvalue weighted by atomic mass is 10.2. The minimum absolute atomic E-state index is 0.179. The van der Waals surface area contributed by atoms with E-state index in [9.17, 15) is 9.18 Å². The van der Waals surface area contributed by atoms with Gasteiger partial charge in [-0.3, -0.25) is 4.79 Å². The largest absolute Gasteiger partial charge is 0.494 e. The Morgan fingerprint density at radius 3 is 2.77 bits per heavy atom. The number of nitrogens with one attached hydrogen (secondary N) is 1. The first kappa shape index (κ1) is 14.0. The summed E-state index contributed by atoms with van der Waals surface area (Å²) in [6.07, 6.45) is 3.20. The van der Waals surface area contributed by atoms with Gasteiger partial charge in [-0.05, 0) is 35.9 Å². The van der Waals surface area contributed by atoms with E-state index in [4.69, 9.17) is 4.74 Å². The van der Waals surface area contributed by atoms with Gasteiger partial charge < -0.3 is 9.72 Å². The number of aromatic nitrogens is 2. The molecular formula is C17H13FN2O2. The first-order chi connectivity index (χ1) is 10.7. The predicted octanol–water partition coefficient (Wildman–Crippen LogP) is 3.24. The van der Waals surface area contributed by atoms with E-state index in [1.165, 1.54) is 19.2 Å². The zero-order valence-corrected chi connectivity index (χ0v) is 11.8. The second-order valence-electron chi connectivity index (χ2n) is 4.70. The fraction of sp³-hybridized carbons (Fsp3) is 0.0588. The molecule has 0 spiro atoms. The molecule has 0 bridgehead atoms. The zero-order valence-electron chi connectivity index (χ0n) is 11.8. The predicted molar refractivity (Wildman–Crippen MR) is 84.2 cm³/mol. The molecule has 3 rings (SSSR count). The summed E-state index contributed by atoms with van der Waals surface area (Å²) in [5.74, 6) is -0.274. The van der Waals surface area contributed by atoms with Gasteiger partial charge in [0, 0.05) is 0 Å². The highest BCUT2D eigenvalue weighted by Crippen LogP contribution is 2.18. The van der Waals surface area contributed by atoms with Crippen molar-refractivity contribution in [2.24, 2.45) is 0 Å². The summed E-state index contributed by atoms with van der Waals surface area (Å²) in [6.45, 7) is 0. The lowest BCUT2D eigenvalue weighted by molar-refractivity contribution is 0.386. The lowest BCUT2D eigenvalue weighted by Gasteiger charge is -2.02.